The van der Waals surface area contributed by atoms with E-state index < -0.39 is 5.82 Å². The van der Waals surface area contributed by atoms with Gasteiger partial charge in [-0.15, -0.1) is 0 Å². The van der Waals surface area contributed by atoms with Crippen LogP contribution >= 0.6 is 0 Å². The highest BCUT2D eigenvalue weighted by Gasteiger charge is 2.20. The Labute approximate surface area is 124 Å². The Morgan fingerprint density at radius 2 is 2.09 bits per heavy atom. The average Bonchev–Trinajstić information content (AvgIpc) is 2.54. The van der Waals surface area contributed by atoms with Crippen LogP contribution in [0.15, 0.2) is 41.2 Å². The molecule has 22 heavy (non-hydrogen) atoms. The van der Waals surface area contributed by atoms with Crippen molar-refractivity contribution >= 4 is 10.9 Å². The number of nitrogens with one attached hydrogen (secondary N) is 1. The largest absolute Gasteiger partial charge is 0.466 e. The minimum absolute atomic E-state index is 0.0868. The molecule has 0 fully saturated rings. The SMILES string of the molecule is O=c1[nH]c(-c2cc(F)cc3c2OCOC3)nc2ccccc12. The minimum Gasteiger partial charge on any atom is -0.466 e. The number of halogens is 1. The summed E-state index contributed by atoms with van der Waals surface area (Å²) in [4.78, 5) is 19.3. The molecule has 2 heterocycles. The molecule has 3 aromatic rings. The summed E-state index contributed by atoms with van der Waals surface area (Å²) in [6.07, 6.45) is 0. The van der Waals surface area contributed by atoms with Gasteiger partial charge in [-0.25, -0.2) is 9.37 Å². The fourth-order valence-corrected chi connectivity index (χ4v) is 2.57. The van der Waals surface area contributed by atoms with E-state index >= 15 is 0 Å². The normalized spacial score (nSPS) is 13.7. The number of aromatic nitrogens is 2. The number of rotatable bonds is 1. The van der Waals surface area contributed by atoms with Gasteiger partial charge in [0.15, 0.2) is 6.79 Å². The summed E-state index contributed by atoms with van der Waals surface area (Å²) < 4.78 is 24.4. The second-order valence-corrected chi connectivity index (χ2v) is 4.98. The summed E-state index contributed by atoms with van der Waals surface area (Å²) in [5.41, 5.74) is 1.29. The molecule has 110 valence electrons. The lowest BCUT2D eigenvalue weighted by atomic mass is 10.1. The summed E-state index contributed by atoms with van der Waals surface area (Å²) >= 11 is 0. The lowest BCUT2D eigenvalue weighted by Gasteiger charge is -2.20. The highest BCUT2D eigenvalue weighted by Crippen LogP contribution is 2.35. The third kappa shape index (κ3) is 2.05. The number of para-hydroxylation sites is 1. The molecular formula is C16H11FN2O3. The van der Waals surface area contributed by atoms with Crippen LogP contribution in [-0.4, -0.2) is 16.8 Å². The van der Waals surface area contributed by atoms with Gasteiger partial charge >= 0.3 is 0 Å². The topological polar surface area (TPSA) is 64.2 Å². The van der Waals surface area contributed by atoms with E-state index in [0.29, 0.717) is 27.8 Å². The van der Waals surface area contributed by atoms with E-state index in [-0.39, 0.29) is 24.8 Å². The predicted molar refractivity (Wildman–Crippen MR) is 78.0 cm³/mol. The molecular weight excluding hydrogens is 287 g/mol. The molecule has 0 amide bonds. The second kappa shape index (κ2) is 4.92. The monoisotopic (exact) mass is 298 g/mol. The molecule has 0 bridgehead atoms. The van der Waals surface area contributed by atoms with Crippen LogP contribution in [0.5, 0.6) is 5.75 Å². The van der Waals surface area contributed by atoms with Gasteiger partial charge in [0.2, 0.25) is 0 Å². The van der Waals surface area contributed by atoms with Gasteiger partial charge in [0.25, 0.3) is 5.56 Å². The van der Waals surface area contributed by atoms with Crippen LogP contribution < -0.4 is 10.3 Å². The van der Waals surface area contributed by atoms with Gasteiger partial charge in [-0.1, -0.05) is 12.1 Å². The zero-order chi connectivity index (χ0) is 15.1. The molecule has 2 aromatic carbocycles. The van der Waals surface area contributed by atoms with Crippen LogP contribution in [0.1, 0.15) is 5.56 Å². The molecule has 0 saturated carbocycles. The molecule has 0 radical (unpaired) electrons. The van der Waals surface area contributed by atoms with Crippen LogP contribution in [0, 0.1) is 5.82 Å². The molecule has 0 aliphatic carbocycles. The predicted octanol–water partition coefficient (Wildman–Crippen LogP) is 2.60. The average molecular weight is 298 g/mol. The first-order valence-corrected chi connectivity index (χ1v) is 6.75. The first-order valence-electron chi connectivity index (χ1n) is 6.75. The van der Waals surface area contributed by atoms with Gasteiger partial charge in [-0.2, -0.15) is 0 Å². The van der Waals surface area contributed by atoms with Crippen molar-refractivity contribution in [3.05, 3.63) is 58.1 Å². The van der Waals surface area contributed by atoms with Gasteiger partial charge in [0, 0.05) is 5.56 Å². The molecule has 0 unspecified atom stereocenters. The molecule has 1 N–H and O–H groups in total. The van der Waals surface area contributed by atoms with Gasteiger partial charge < -0.3 is 14.5 Å². The minimum atomic E-state index is -0.432. The summed E-state index contributed by atoms with van der Waals surface area (Å²) in [5.74, 6) is 0.339. The number of benzene rings is 2. The Morgan fingerprint density at radius 1 is 1.23 bits per heavy atom. The van der Waals surface area contributed by atoms with Crippen molar-refractivity contribution in [2.75, 3.05) is 6.79 Å². The van der Waals surface area contributed by atoms with E-state index in [2.05, 4.69) is 9.97 Å². The summed E-state index contributed by atoms with van der Waals surface area (Å²) in [6.45, 7) is 0.349. The van der Waals surface area contributed by atoms with E-state index in [0.717, 1.165) is 0 Å². The van der Waals surface area contributed by atoms with E-state index in [9.17, 15) is 9.18 Å². The summed E-state index contributed by atoms with van der Waals surface area (Å²) in [5, 5.41) is 0.487. The van der Waals surface area contributed by atoms with Crippen molar-refractivity contribution in [1.82, 2.24) is 9.97 Å². The fourth-order valence-electron chi connectivity index (χ4n) is 2.57. The van der Waals surface area contributed by atoms with Crippen molar-refractivity contribution in [1.29, 1.82) is 0 Å². The Kier molecular flexibility index (Phi) is 2.90. The molecule has 4 rings (SSSR count). The standard InChI is InChI=1S/C16H11FN2O3/c17-10-5-9-7-21-8-22-14(9)12(6-10)15-18-13-4-2-1-3-11(13)16(20)19-15/h1-6H,7-8H2,(H,18,19,20). The maximum atomic E-state index is 13.8. The fraction of sp³-hybridized carbons (Fsp3) is 0.125. The zero-order valence-corrected chi connectivity index (χ0v) is 11.4. The maximum absolute atomic E-state index is 13.8. The number of fused-ring (bicyclic) bond motifs is 2. The smallest absolute Gasteiger partial charge is 0.259 e. The van der Waals surface area contributed by atoms with Crippen molar-refractivity contribution < 1.29 is 13.9 Å². The van der Waals surface area contributed by atoms with Crippen molar-refractivity contribution in [2.45, 2.75) is 6.61 Å². The Morgan fingerprint density at radius 3 is 3.00 bits per heavy atom. The van der Waals surface area contributed by atoms with Crippen LogP contribution in [0.25, 0.3) is 22.3 Å². The molecule has 5 nitrogen and oxygen atoms in total. The number of nitrogens with zero attached hydrogens (tertiary/aromatic N) is 1. The molecule has 6 heteroatoms. The number of H-pyrrole nitrogens is 1. The number of ether oxygens (including phenoxy) is 2. The van der Waals surface area contributed by atoms with E-state index in [4.69, 9.17) is 9.47 Å². The zero-order valence-electron chi connectivity index (χ0n) is 11.4. The molecule has 1 aromatic heterocycles. The maximum Gasteiger partial charge on any atom is 0.259 e. The lowest BCUT2D eigenvalue weighted by molar-refractivity contribution is -0.0161. The molecule has 1 aliphatic heterocycles. The lowest BCUT2D eigenvalue weighted by Crippen LogP contribution is -2.14. The second-order valence-electron chi connectivity index (χ2n) is 4.98. The van der Waals surface area contributed by atoms with Crippen molar-refractivity contribution in [3.63, 3.8) is 0 Å². The highest BCUT2D eigenvalue weighted by atomic mass is 19.1. The van der Waals surface area contributed by atoms with Gasteiger partial charge in [-0.05, 0) is 24.3 Å². The summed E-state index contributed by atoms with van der Waals surface area (Å²) in [7, 11) is 0. The quantitative estimate of drug-likeness (QED) is 0.750. The number of aromatic amines is 1. The first-order chi connectivity index (χ1) is 10.7. The van der Waals surface area contributed by atoms with Crippen LogP contribution in [0.3, 0.4) is 0 Å². The highest BCUT2D eigenvalue weighted by molar-refractivity contribution is 5.80. The third-order valence-electron chi connectivity index (χ3n) is 3.54. The van der Waals surface area contributed by atoms with Crippen LogP contribution in [0.4, 0.5) is 4.39 Å². The van der Waals surface area contributed by atoms with E-state index in [1.54, 1.807) is 24.3 Å². The molecule has 1 aliphatic rings. The first kappa shape index (κ1) is 13.0. The molecule has 0 saturated heterocycles. The van der Waals surface area contributed by atoms with E-state index in [1.807, 2.05) is 0 Å². The molecule has 0 spiro atoms. The number of hydrogen-bond donors (Lipinski definition) is 1. The third-order valence-corrected chi connectivity index (χ3v) is 3.54. The molecule has 0 atom stereocenters. The van der Waals surface area contributed by atoms with Gasteiger partial charge in [0.05, 0.1) is 23.1 Å². The van der Waals surface area contributed by atoms with Gasteiger partial charge in [0.1, 0.15) is 17.4 Å². The van der Waals surface area contributed by atoms with Crippen LogP contribution in [-0.2, 0) is 11.3 Å². The van der Waals surface area contributed by atoms with E-state index in [1.165, 1.54) is 12.1 Å². The Balaban J connectivity index is 1.99. The van der Waals surface area contributed by atoms with Crippen molar-refractivity contribution in [3.8, 4) is 17.1 Å². The van der Waals surface area contributed by atoms with Crippen molar-refractivity contribution in [2.24, 2.45) is 0 Å². The Hall–Kier alpha value is -2.73. The van der Waals surface area contributed by atoms with Gasteiger partial charge in [-0.3, -0.25) is 4.79 Å². The van der Waals surface area contributed by atoms with Crippen LogP contribution in [0.2, 0.25) is 0 Å². The summed E-state index contributed by atoms with van der Waals surface area (Å²) in [6, 6.07) is 9.65. The number of hydrogen-bond acceptors (Lipinski definition) is 4. The Bertz CT molecular complexity index is 936.